The van der Waals surface area contributed by atoms with Gasteiger partial charge in [0.1, 0.15) is 6.54 Å². The van der Waals surface area contributed by atoms with Crippen LogP contribution in [0.2, 0.25) is 0 Å². The van der Waals surface area contributed by atoms with Crippen molar-refractivity contribution in [1.82, 2.24) is 0 Å². The van der Waals surface area contributed by atoms with Gasteiger partial charge in [0, 0.05) is 24.8 Å². The summed E-state index contributed by atoms with van der Waals surface area (Å²) in [7, 11) is 0. The fourth-order valence-electron chi connectivity index (χ4n) is 5.32. The van der Waals surface area contributed by atoms with E-state index in [2.05, 4.69) is 24.3 Å². The van der Waals surface area contributed by atoms with Crippen molar-refractivity contribution in [3.8, 4) is 0 Å². The van der Waals surface area contributed by atoms with Gasteiger partial charge >= 0.3 is 5.97 Å². The Morgan fingerprint density at radius 2 is 1.73 bits per heavy atom. The number of ether oxygens (including phenoxy) is 1. The minimum Gasteiger partial charge on any atom is -0.465 e. The summed E-state index contributed by atoms with van der Waals surface area (Å²) >= 11 is 0. The van der Waals surface area contributed by atoms with E-state index in [4.69, 9.17) is 9.15 Å². The molecule has 0 amide bonds. The van der Waals surface area contributed by atoms with Crippen molar-refractivity contribution >= 4 is 12.0 Å². The van der Waals surface area contributed by atoms with E-state index in [1.807, 2.05) is 24.3 Å². The van der Waals surface area contributed by atoms with Crippen molar-refractivity contribution in [2.75, 3.05) is 19.6 Å². The van der Waals surface area contributed by atoms with Crippen LogP contribution in [0.25, 0.3) is 6.08 Å². The molecule has 2 aromatic carbocycles. The maximum atomic E-state index is 13.6. The molecule has 2 atom stereocenters. The lowest BCUT2D eigenvalue weighted by Crippen LogP contribution is -2.65. The fraction of sp³-hybridized carbons (Fsp3) is 0.321. The van der Waals surface area contributed by atoms with E-state index >= 15 is 0 Å². The molecule has 1 aromatic heterocycles. The SMILES string of the molecule is O=C(O[C@@H]1CC2CC[N+]1(CC=Cc1ccccc1)CC2)C(O)(c1ccccc1)c1ccco1. The number of rotatable bonds is 7. The highest BCUT2D eigenvalue weighted by atomic mass is 16.6. The van der Waals surface area contributed by atoms with Crippen LogP contribution in [0.4, 0.5) is 0 Å². The number of carbonyl (C=O) groups excluding carboxylic acids is 1. The Morgan fingerprint density at radius 3 is 2.39 bits per heavy atom. The van der Waals surface area contributed by atoms with E-state index in [1.165, 1.54) is 6.26 Å². The van der Waals surface area contributed by atoms with Crippen LogP contribution < -0.4 is 0 Å². The number of hydrogen-bond donors (Lipinski definition) is 1. The van der Waals surface area contributed by atoms with Crippen LogP contribution >= 0.6 is 0 Å². The number of hydrogen-bond acceptors (Lipinski definition) is 4. The summed E-state index contributed by atoms with van der Waals surface area (Å²) in [6.45, 7) is 2.75. The second kappa shape index (κ2) is 9.00. The van der Waals surface area contributed by atoms with Crippen LogP contribution in [-0.2, 0) is 15.1 Å². The summed E-state index contributed by atoms with van der Waals surface area (Å²) in [5.41, 5.74) is -0.379. The van der Waals surface area contributed by atoms with Gasteiger partial charge in [0.25, 0.3) is 0 Å². The van der Waals surface area contributed by atoms with Gasteiger partial charge in [-0.15, -0.1) is 0 Å². The summed E-state index contributed by atoms with van der Waals surface area (Å²) in [5.74, 6) is 0.0604. The Labute approximate surface area is 194 Å². The fourth-order valence-corrected chi connectivity index (χ4v) is 5.32. The summed E-state index contributed by atoms with van der Waals surface area (Å²) in [6, 6.07) is 22.4. The summed E-state index contributed by atoms with van der Waals surface area (Å²) in [5, 5.41) is 11.6. The van der Waals surface area contributed by atoms with Gasteiger partial charge in [-0.25, -0.2) is 4.79 Å². The smallest absolute Gasteiger partial charge is 0.355 e. The molecular weight excluding hydrogens is 414 g/mol. The van der Waals surface area contributed by atoms with Crippen LogP contribution in [0.15, 0.2) is 89.6 Å². The predicted molar refractivity (Wildman–Crippen MR) is 126 cm³/mol. The third kappa shape index (κ3) is 4.14. The topological polar surface area (TPSA) is 59.7 Å². The first-order valence-electron chi connectivity index (χ1n) is 11.7. The zero-order valence-corrected chi connectivity index (χ0v) is 18.7. The quantitative estimate of drug-likeness (QED) is 0.423. The van der Waals surface area contributed by atoms with Crippen molar-refractivity contribution in [3.63, 3.8) is 0 Å². The Balaban J connectivity index is 1.40. The van der Waals surface area contributed by atoms with Gasteiger partial charge < -0.3 is 14.3 Å². The van der Waals surface area contributed by atoms with Gasteiger partial charge in [0.15, 0.2) is 5.76 Å². The average molecular weight is 445 g/mol. The minimum absolute atomic E-state index is 0.171. The molecule has 4 heterocycles. The van der Waals surface area contributed by atoms with E-state index in [-0.39, 0.29) is 12.0 Å². The number of carbonyl (C=O) groups is 1. The number of aliphatic hydroxyl groups is 1. The molecule has 3 aromatic rings. The standard InChI is InChI=1S/C28H30NO4/c30-27(28(31,25-14-8-20-32-25)24-12-5-2-6-13-24)33-26-21-23-15-18-29(26,19-16-23)17-7-11-22-9-3-1-4-10-22/h1-14,20,23,26,31H,15-19,21H2/q+1/t23?,26-,28?,29?/m1/s1. The van der Waals surface area contributed by atoms with Gasteiger partial charge in [-0.3, -0.25) is 4.48 Å². The molecule has 0 aliphatic carbocycles. The number of esters is 1. The van der Waals surface area contributed by atoms with Gasteiger partial charge in [-0.1, -0.05) is 66.7 Å². The van der Waals surface area contributed by atoms with Gasteiger partial charge in [-0.2, -0.15) is 0 Å². The Morgan fingerprint density at radius 1 is 1.03 bits per heavy atom. The van der Waals surface area contributed by atoms with Crippen molar-refractivity contribution < 1.29 is 23.5 Å². The number of piperidine rings is 3. The Bertz CT molecular complexity index is 1090. The van der Waals surface area contributed by atoms with Crippen molar-refractivity contribution in [2.45, 2.75) is 31.1 Å². The predicted octanol–water partition coefficient (Wildman–Crippen LogP) is 4.73. The molecule has 0 radical (unpaired) electrons. The monoisotopic (exact) mass is 444 g/mol. The highest BCUT2D eigenvalue weighted by Crippen LogP contribution is 2.41. The molecule has 3 aliphatic heterocycles. The normalized spacial score (nSPS) is 26.2. The summed E-state index contributed by atoms with van der Waals surface area (Å²) in [6.07, 6.45) is 8.63. The third-order valence-electron chi connectivity index (χ3n) is 7.30. The Kier molecular flexibility index (Phi) is 5.92. The minimum atomic E-state index is -1.98. The van der Waals surface area contributed by atoms with Crippen LogP contribution in [0.3, 0.4) is 0 Å². The number of benzene rings is 2. The molecule has 0 spiro atoms. The van der Waals surface area contributed by atoms with E-state index < -0.39 is 11.6 Å². The average Bonchev–Trinajstić information content (AvgIpc) is 3.41. The lowest BCUT2D eigenvalue weighted by atomic mass is 9.84. The molecule has 6 rings (SSSR count). The molecule has 1 N–H and O–H groups in total. The Hall–Kier alpha value is -3.15. The number of nitrogens with zero attached hydrogens (tertiary/aromatic N) is 1. The van der Waals surface area contributed by atoms with Crippen molar-refractivity contribution in [3.05, 3.63) is 102 Å². The van der Waals surface area contributed by atoms with Gasteiger partial charge in [0.05, 0.1) is 19.4 Å². The second-order valence-corrected chi connectivity index (χ2v) is 9.25. The molecular formula is C28H30NO4+. The number of fused-ring (bicyclic) bond motifs is 3. The molecule has 0 saturated carbocycles. The largest absolute Gasteiger partial charge is 0.465 e. The summed E-state index contributed by atoms with van der Waals surface area (Å²) < 4.78 is 12.4. The molecule has 5 nitrogen and oxygen atoms in total. The lowest BCUT2D eigenvalue weighted by molar-refractivity contribution is -0.979. The van der Waals surface area contributed by atoms with Crippen LogP contribution in [0.1, 0.15) is 36.1 Å². The number of quaternary nitrogens is 1. The van der Waals surface area contributed by atoms with E-state index in [0.29, 0.717) is 16.0 Å². The van der Waals surface area contributed by atoms with Crippen molar-refractivity contribution in [2.24, 2.45) is 5.92 Å². The first-order valence-corrected chi connectivity index (χ1v) is 11.7. The van der Waals surface area contributed by atoms with E-state index in [9.17, 15) is 9.90 Å². The lowest BCUT2D eigenvalue weighted by Gasteiger charge is -2.53. The molecule has 33 heavy (non-hydrogen) atoms. The van der Waals surface area contributed by atoms with Gasteiger partial charge in [0.2, 0.25) is 11.8 Å². The van der Waals surface area contributed by atoms with E-state index in [1.54, 1.807) is 36.4 Å². The zero-order chi connectivity index (χ0) is 22.7. The zero-order valence-electron chi connectivity index (χ0n) is 18.7. The molecule has 3 saturated heterocycles. The third-order valence-corrected chi connectivity index (χ3v) is 7.30. The van der Waals surface area contributed by atoms with Crippen LogP contribution in [-0.4, -0.2) is 41.4 Å². The molecule has 1 unspecified atom stereocenters. The highest BCUT2D eigenvalue weighted by Gasteiger charge is 2.52. The first kappa shape index (κ1) is 21.7. The second-order valence-electron chi connectivity index (χ2n) is 9.25. The highest BCUT2D eigenvalue weighted by molar-refractivity contribution is 5.84. The van der Waals surface area contributed by atoms with Crippen LogP contribution in [0.5, 0.6) is 0 Å². The number of furan rings is 1. The van der Waals surface area contributed by atoms with E-state index in [0.717, 1.165) is 44.5 Å². The van der Waals surface area contributed by atoms with Crippen molar-refractivity contribution in [1.29, 1.82) is 0 Å². The maximum absolute atomic E-state index is 13.6. The summed E-state index contributed by atoms with van der Waals surface area (Å²) in [4.78, 5) is 13.6. The van der Waals surface area contributed by atoms with Crippen LogP contribution in [0, 0.1) is 5.92 Å². The first-order chi connectivity index (χ1) is 16.1. The van der Waals surface area contributed by atoms with Gasteiger partial charge in [-0.05, 0) is 29.7 Å². The molecule has 2 bridgehead atoms. The molecule has 3 fully saturated rings. The molecule has 5 heteroatoms. The molecule has 170 valence electrons. The maximum Gasteiger partial charge on any atom is 0.355 e. The molecule has 3 aliphatic rings.